The number of allylic oxidation sites excluding steroid dienone is 1. The monoisotopic (exact) mass is 491 g/mol. The normalized spacial score (nSPS) is 11.6. The van der Waals surface area contributed by atoms with Gasteiger partial charge in [0, 0.05) is 18.7 Å². The Balaban J connectivity index is 1.69. The number of hydrogen-bond acceptors (Lipinski definition) is 7. The highest BCUT2D eigenvalue weighted by molar-refractivity contribution is 8.00. The first-order chi connectivity index (χ1) is 15.8. The molecule has 0 aliphatic carbocycles. The van der Waals surface area contributed by atoms with Gasteiger partial charge in [0.05, 0.1) is 20.9 Å². The molecular formula is C21H19ClFN5O4S. The van der Waals surface area contributed by atoms with Crippen molar-refractivity contribution in [2.75, 3.05) is 5.32 Å². The van der Waals surface area contributed by atoms with Crippen LogP contribution in [0, 0.1) is 15.9 Å². The summed E-state index contributed by atoms with van der Waals surface area (Å²) < 4.78 is 21.0. The Morgan fingerprint density at radius 1 is 1.39 bits per heavy atom. The number of non-ortho nitro benzene ring substituents is 1. The fraction of sp³-hybridized carbons (Fsp3) is 0.190. The van der Waals surface area contributed by atoms with Gasteiger partial charge in [-0.1, -0.05) is 41.6 Å². The van der Waals surface area contributed by atoms with E-state index in [2.05, 4.69) is 22.1 Å². The van der Waals surface area contributed by atoms with E-state index in [-0.39, 0.29) is 34.7 Å². The average Bonchev–Trinajstić information content (AvgIpc) is 3.15. The van der Waals surface area contributed by atoms with Crippen molar-refractivity contribution in [1.82, 2.24) is 14.8 Å². The van der Waals surface area contributed by atoms with Crippen molar-refractivity contribution in [2.45, 2.75) is 30.5 Å². The Morgan fingerprint density at radius 2 is 2.15 bits per heavy atom. The van der Waals surface area contributed by atoms with E-state index in [1.807, 2.05) is 0 Å². The second kappa shape index (κ2) is 10.9. The van der Waals surface area contributed by atoms with Crippen LogP contribution in [0.5, 0.6) is 5.75 Å². The minimum atomic E-state index is -0.607. The van der Waals surface area contributed by atoms with Crippen LogP contribution in [0.2, 0.25) is 5.02 Å². The zero-order chi connectivity index (χ0) is 24.0. The van der Waals surface area contributed by atoms with Gasteiger partial charge in [0.1, 0.15) is 6.61 Å². The fourth-order valence-electron chi connectivity index (χ4n) is 2.69. The molecule has 1 aromatic heterocycles. The molecule has 1 unspecified atom stereocenters. The zero-order valence-corrected chi connectivity index (χ0v) is 19.0. The number of hydrogen-bond donors (Lipinski definition) is 1. The van der Waals surface area contributed by atoms with Gasteiger partial charge in [0.2, 0.25) is 5.91 Å². The summed E-state index contributed by atoms with van der Waals surface area (Å²) in [4.78, 5) is 22.9. The number of ether oxygens (including phenoxy) is 1. The summed E-state index contributed by atoms with van der Waals surface area (Å²) in [5.74, 6) is -0.343. The third-order valence-corrected chi connectivity index (χ3v) is 5.76. The molecule has 0 spiro atoms. The number of anilines is 1. The Morgan fingerprint density at radius 3 is 2.82 bits per heavy atom. The van der Waals surface area contributed by atoms with Gasteiger partial charge >= 0.3 is 0 Å². The van der Waals surface area contributed by atoms with Crippen molar-refractivity contribution in [1.29, 1.82) is 0 Å². The number of nitro groups is 1. The summed E-state index contributed by atoms with van der Waals surface area (Å²) in [7, 11) is 0. The highest BCUT2D eigenvalue weighted by atomic mass is 35.5. The third-order valence-electron chi connectivity index (χ3n) is 4.37. The predicted molar refractivity (Wildman–Crippen MR) is 123 cm³/mol. The van der Waals surface area contributed by atoms with Crippen molar-refractivity contribution in [3.63, 3.8) is 0 Å². The van der Waals surface area contributed by atoms with Gasteiger partial charge in [0.25, 0.3) is 5.69 Å². The van der Waals surface area contributed by atoms with Crippen LogP contribution in [0.3, 0.4) is 0 Å². The van der Waals surface area contributed by atoms with Crippen LogP contribution < -0.4 is 10.1 Å². The topological polar surface area (TPSA) is 112 Å². The Labute approximate surface area is 197 Å². The molecule has 0 saturated heterocycles. The molecule has 9 nitrogen and oxygen atoms in total. The molecule has 3 rings (SSSR count). The largest absolute Gasteiger partial charge is 0.483 e. The van der Waals surface area contributed by atoms with Crippen molar-refractivity contribution in [2.24, 2.45) is 0 Å². The maximum Gasteiger partial charge on any atom is 0.271 e. The SMILES string of the molecule is C=CCn1c(COc2ccccc2F)nnc1SC(C)C(=O)Nc1ccc([N+](=O)[O-])cc1Cl. The van der Waals surface area contributed by atoms with Crippen molar-refractivity contribution in [3.8, 4) is 5.75 Å². The molecule has 1 amide bonds. The molecule has 2 aromatic carbocycles. The molecule has 3 aromatic rings. The summed E-state index contributed by atoms with van der Waals surface area (Å²) >= 11 is 7.19. The van der Waals surface area contributed by atoms with Crippen LogP contribution in [0.15, 0.2) is 60.3 Å². The number of carbonyl (C=O) groups is 1. The lowest BCUT2D eigenvalue weighted by molar-refractivity contribution is -0.384. The zero-order valence-electron chi connectivity index (χ0n) is 17.4. The molecule has 12 heteroatoms. The fourth-order valence-corrected chi connectivity index (χ4v) is 3.79. The minimum Gasteiger partial charge on any atom is -0.483 e. The van der Waals surface area contributed by atoms with Crippen LogP contribution >= 0.6 is 23.4 Å². The van der Waals surface area contributed by atoms with Gasteiger partial charge in [-0.3, -0.25) is 19.5 Å². The smallest absolute Gasteiger partial charge is 0.271 e. The van der Waals surface area contributed by atoms with Crippen LogP contribution in [-0.4, -0.2) is 30.8 Å². The third kappa shape index (κ3) is 6.08. The number of carbonyl (C=O) groups excluding carboxylic acids is 1. The van der Waals surface area contributed by atoms with Gasteiger partial charge in [-0.15, -0.1) is 16.8 Å². The molecule has 0 fully saturated rings. The lowest BCUT2D eigenvalue weighted by Crippen LogP contribution is -2.23. The number of thioether (sulfide) groups is 1. The highest BCUT2D eigenvalue weighted by Gasteiger charge is 2.21. The molecule has 1 atom stereocenters. The number of amides is 1. The van der Waals surface area contributed by atoms with Crippen LogP contribution in [0.25, 0.3) is 0 Å². The molecule has 1 N–H and O–H groups in total. The first kappa shape index (κ1) is 24.2. The lowest BCUT2D eigenvalue weighted by Gasteiger charge is -2.14. The van der Waals surface area contributed by atoms with Gasteiger partial charge in [-0.25, -0.2) is 4.39 Å². The predicted octanol–water partition coefficient (Wildman–Crippen LogP) is 4.86. The highest BCUT2D eigenvalue weighted by Crippen LogP contribution is 2.29. The Kier molecular flexibility index (Phi) is 8.01. The molecule has 0 aliphatic rings. The lowest BCUT2D eigenvalue weighted by atomic mass is 10.2. The van der Waals surface area contributed by atoms with Crippen LogP contribution in [-0.2, 0) is 17.9 Å². The van der Waals surface area contributed by atoms with Crippen molar-refractivity contribution < 1.29 is 18.8 Å². The van der Waals surface area contributed by atoms with Crippen molar-refractivity contribution in [3.05, 3.63) is 81.9 Å². The molecular weight excluding hydrogens is 473 g/mol. The summed E-state index contributed by atoms with van der Waals surface area (Å²) in [5, 5.41) is 21.6. The summed E-state index contributed by atoms with van der Waals surface area (Å²) in [6.07, 6.45) is 1.64. The first-order valence-electron chi connectivity index (χ1n) is 9.62. The number of nitrogens with one attached hydrogen (secondary N) is 1. The number of nitro benzene ring substituents is 1. The number of halogens is 2. The van der Waals surface area contributed by atoms with Crippen LogP contribution in [0.4, 0.5) is 15.8 Å². The van der Waals surface area contributed by atoms with E-state index in [1.165, 1.54) is 24.3 Å². The van der Waals surface area contributed by atoms with E-state index in [9.17, 15) is 19.3 Å². The Bertz CT molecular complexity index is 1190. The molecule has 0 aliphatic heterocycles. The summed E-state index contributed by atoms with van der Waals surface area (Å²) in [6.45, 7) is 5.72. The Hall–Kier alpha value is -3.44. The van der Waals surface area contributed by atoms with Gasteiger partial charge in [-0.05, 0) is 25.1 Å². The number of para-hydroxylation sites is 1. The average molecular weight is 492 g/mol. The summed E-state index contributed by atoms with van der Waals surface area (Å²) in [5.41, 5.74) is 0.0781. The second-order valence-corrected chi connectivity index (χ2v) is 8.40. The summed E-state index contributed by atoms with van der Waals surface area (Å²) in [6, 6.07) is 9.81. The molecule has 0 radical (unpaired) electrons. The van der Waals surface area contributed by atoms with E-state index in [4.69, 9.17) is 16.3 Å². The maximum atomic E-state index is 13.8. The van der Waals surface area contributed by atoms with Crippen LogP contribution in [0.1, 0.15) is 12.7 Å². The van der Waals surface area contributed by atoms with Gasteiger partial charge in [-0.2, -0.15) is 0 Å². The second-order valence-electron chi connectivity index (χ2n) is 6.69. The van der Waals surface area contributed by atoms with E-state index < -0.39 is 16.0 Å². The van der Waals surface area contributed by atoms with E-state index in [0.29, 0.717) is 17.5 Å². The standard InChI is InChI=1S/C21H19ClFN5O4S/c1-3-10-27-19(12-32-18-7-5-4-6-16(18)23)25-26-21(27)33-13(2)20(29)24-17-9-8-14(28(30)31)11-15(17)22/h3-9,11,13H,1,10,12H2,2H3,(H,24,29). The molecule has 172 valence electrons. The molecule has 0 saturated carbocycles. The quantitative estimate of drug-likeness (QED) is 0.186. The minimum absolute atomic E-state index is 0.0265. The van der Waals surface area contributed by atoms with Gasteiger partial charge < -0.3 is 10.1 Å². The number of aromatic nitrogens is 3. The number of benzene rings is 2. The molecule has 33 heavy (non-hydrogen) atoms. The molecule has 0 bridgehead atoms. The first-order valence-corrected chi connectivity index (χ1v) is 10.9. The van der Waals surface area contributed by atoms with Gasteiger partial charge in [0.15, 0.2) is 22.5 Å². The van der Waals surface area contributed by atoms with Crippen molar-refractivity contribution >= 4 is 40.6 Å². The maximum absolute atomic E-state index is 13.8. The van der Waals surface area contributed by atoms with E-state index in [0.717, 1.165) is 17.8 Å². The van der Waals surface area contributed by atoms with E-state index >= 15 is 0 Å². The molecule has 1 heterocycles. The van der Waals surface area contributed by atoms with E-state index in [1.54, 1.807) is 29.7 Å². The number of nitrogens with zero attached hydrogens (tertiary/aromatic N) is 4. The number of rotatable bonds is 10.